The van der Waals surface area contributed by atoms with Gasteiger partial charge in [0.15, 0.2) is 23.0 Å². The van der Waals surface area contributed by atoms with Crippen LogP contribution in [0.3, 0.4) is 0 Å². The number of carbonyl (C=O) groups is 2. The fourth-order valence-electron chi connectivity index (χ4n) is 4.73. The third-order valence-electron chi connectivity index (χ3n) is 6.69. The Kier molecular flexibility index (Phi) is 7.99. The van der Waals surface area contributed by atoms with Crippen molar-refractivity contribution < 1.29 is 23.1 Å². The topological polar surface area (TPSA) is 137 Å². The van der Waals surface area contributed by atoms with Crippen LogP contribution in [0.25, 0.3) is 22.3 Å². The number of nitrogens with zero attached hydrogens (tertiary/aromatic N) is 4. The number of rotatable bonds is 6. The van der Waals surface area contributed by atoms with Crippen molar-refractivity contribution in [3.8, 4) is 22.8 Å². The third-order valence-corrected chi connectivity index (χ3v) is 6.69. The maximum Gasteiger partial charge on any atom is 0.262 e. The SMILES string of the molecule is C/C=C/C(=O)NNC(=O)C=C1CCC(n2nc(-c3ccc(Oc4c(F)cccc4F)cc3)c3c(N)ncnc32)CC1. The van der Waals surface area contributed by atoms with Crippen LogP contribution in [0, 0.1) is 11.6 Å². The Morgan fingerprint density at radius 3 is 2.39 bits per heavy atom. The van der Waals surface area contributed by atoms with Crippen molar-refractivity contribution in [3.05, 3.63) is 84.2 Å². The van der Waals surface area contributed by atoms with Gasteiger partial charge in [-0.3, -0.25) is 20.4 Å². The molecule has 1 aliphatic rings. The molecule has 0 spiro atoms. The maximum absolute atomic E-state index is 14.0. The predicted octanol–water partition coefficient (Wildman–Crippen LogP) is 4.91. The van der Waals surface area contributed by atoms with Crippen LogP contribution < -0.4 is 21.3 Å². The average Bonchev–Trinajstić information content (AvgIpc) is 3.36. The van der Waals surface area contributed by atoms with E-state index in [0.29, 0.717) is 48.0 Å². The van der Waals surface area contributed by atoms with Gasteiger partial charge in [-0.2, -0.15) is 5.10 Å². The summed E-state index contributed by atoms with van der Waals surface area (Å²) in [5.74, 6) is -2.35. The normalized spacial score (nSPS) is 15.2. The number of aromatic nitrogens is 4. The monoisotopic (exact) mass is 559 g/mol. The molecule has 0 unspecified atom stereocenters. The number of nitrogens with two attached hydrogens (primary N) is 1. The second-order valence-corrected chi connectivity index (χ2v) is 9.44. The zero-order chi connectivity index (χ0) is 28.9. The number of ether oxygens (including phenoxy) is 1. The summed E-state index contributed by atoms with van der Waals surface area (Å²) in [6, 6.07) is 10.2. The van der Waals surface area contributed by atoms with Gasteiger partial charge < -0.3 is 10.5 Å². The van der Waals surface area contributed by atoms with Crippen molar-refractivity contribution in [1.29, 1.82) is 0 Å². The lowest BCUT2D eigenvalue weighted by atomic mass is 9.90. The number of halogens is 2. The number of benzene rings is 2. The van der Waals surface area contributed by atoms with Crippen LogP contribution in [0.4, 0.5) is 14.6 Å². The molecule has 12 heteroatoms. The summed E-state index contributed by atoms with van der Waals surface area (Å²) in [7, 11) is 0. The highest BCUT2D eigenvalue weighted by Crippen LogP contribution is 2.38. The van der Waals surface area contributed by atoms with Crippen LogP contribution in [0.5, 0.6) is 11.5 Å². The molecule has 41 heavy (non-hydrogen) atoms. The van der Waals surface area contributed by atoms with Gasteiger partial charge in [0.25, 0.3) is 11.8 Å². The Morgan fingerprint density at radius 2 is 1.71 bits per heavy atom. The van der Waals surface area contributed by atoms with Gasteiger partial charge in [-0.05, 0) is 69.0 Å². The van der Waals surface area contributed by atoms with E-state index in [2.05, 4.69) is 20.8 Å². The molecule has 0 saturated heterocycles. The molecule has 0 aliphatic heterocycles. The lowest BCUT2D eigenvalue weighted by molar-refractivity contribution is -0.123. The number of carbonyl (C=O) groups excluding carboxylic acids is 2. The fourth-order valence-corrected chi connectivity index (χ4v) is 4.73. The number of nitrogen functional groups attached to an aromatic ring is 1. The van der Waals surface area contributed by atoms with E-state index >= 15 is 0 Å². The first-order chi connectivity index (χ1) is 19.8. The Bertz CT molecular complexity index is 1630. The van der Waals surface area contributed by atoms with Gasteiger partial charge >= 0.3 is 0 Å². The first-order valence-electron chi connectivity index (χ1n) is 13.0. The van der Waals surface area contributed by atoms with E-state index in [9.17, 15) is 18.4 Å². The van der Waals surface area contributed by atoms with Gasteiger partial charge in [-0.1, -0.05) is 17.7 Å². The number of allylic oxidation sites excluding steroid dienone is 2. The molecular weight excluding hydrogens is 532 g/mol. The van der Waals surface area contributed by atoms with Gasteiger partial charge in [0.1, 0.15) is 23.6 Å². The number of fused-ring (bicyclic) bond motifs is 1. The predicted molar refractivity (Wildman–Crippen MR) is 148 cm³/mol. The smallest absolute Gasteiger partial charge is 0.262 e. The molecular formula is C29H27F2N7O3. The van der Waals surface area contributed by atoms with Crippen LogP contribution in [-0.2, 0) is 9.59 Å². The maximum atomic E-state index is 14.0. The van der Waals surface area contributed by atoms with Crippen molar-refractivity contribution in [3.63, 3.8) is 0 Å². The highest BCUT2D eigenvalue weighted by Gasteiger charge is 2.25. The zero-order valence-corrected chi connectivity index (χ0v) is 22.1. The summed E-state index contributed by atoms with van der Waals surface area (Å²) in [6.45, 7) is 1.71. The standard InChI is InChI=1S/C29H27F2N7O3/c1-2-4-23(39)35-36-24(40)15-17-7-11-19(12-8-17)38-29-25(28(32)33-16-34-29)26(37-38)18-9-13-20(14-10-18)41-27-21(30)5-3-6-22(27)31/h2-6,9-10,13-16,19H,7-8,11-12H2,1H3,(H,35,39)(H,36,40)(H2,32,33,34)/b4-2+,17-15?. The van der Waals surface area contributed by atoms with E-state index in [0.717, 1.165) is 17.7 Å². The van der Waals surface area contributed by atoms with Gasteiger partial charge in [-0.25, -0.2) is 23.4 Å². The second-order valence-electron chi connectivity index (χ2n) is 9.44. The molecule has 4 aromatic rings. The summed E-state index contributed by atoms with van der Waals surface area (Å²) >= 11 is 0. The minimum Gasteiger partial charge on any atom is -0.451 e. The van der Waals surface area contributed by atoms with Gasteiger partial charge in [0, 0.05) is 17.7 Å². The molecule has 2 aromatic heterocycles. The van der Waals surface area contributed by atoms with Crippen LogP contribution >= 0.6 is 0 Å². The molecule has 10 nitrogen and oxygen atoms in total. The lowest BCUT2D eigenvalue weighted by Gasteiger charge is -2.24. The number of amides is 2. The van der Waals surface area contributed by atoms with Gasteiger partial charge in [-0.15, -0.1) is 0 Å². The molecule has 0 atom stereocenters. The summed E-state index contributed by atoms with van der Waals surface area (Å²) in [5.41, 5.74) is 13.8. The Balaban J connectivity index is 1.34. The summed E-state index contributed by atoms with van der Waals surface area (Å²) in [5, 5.41) is 5.46. The quantitative estimate of drug-likeness (QED) is 0.225. The Hall–Kier alpha value is -5.13. The van der Waals surface area contributed by atoms with Crippen LogP contribution in [-0.4, -0.2) is 31.6 Å². The first-order valence-corrected chi connectivity index (χ1v) is 13.0. The van der Waals surface area contributed by atoms with E-state index < -0.39 is 29.2 Å². The third kappa shape index (κ3) is 6.06. The lowest BCUT2D eigenvalue weighted by Crippen LogP contribution is -2.40. The zero-order valence-electron chi connectivity index (χ0n) is 22.1. The minimum atomic E-state index is -0.800. The van der Waals surface area contributed by atoms with Crippen LogP contribution in [0.2, 0.25) is 0 Å². The highest BCUT2D eigenvalue weighted by molar-refractivity contribution is 5.98. The number of hydrazine groups is 1. The van der Waals surface area contributed by atoms with Gasteiger partial charge in [0.2, 0.25) is 0 Å². The minimum absolute atomic E-state index is 0.00166. The molecule has 1 aliphatic carbocycles. The van der Waals surface area contributed by atoms with Crippen molar-refractivity contribution in [2.45, 2.75) is 38.6 Å². The fraction of sp³-hybridized carbons (Fsp3) is 0.207. The molecule has 5 rings (SSSR count). The molecule has 0 bridgehead atoms. The number of para-hydroxylation sites is 1. The Labute approximate surface area is 233 Å². The van der Waals surface area contributed by atoms with Crippen molar-refractivity contribution >= 4 is 28.7 Å². The Morgan fingerprint density at radius 1 is 1.02 bits per heavy atom. The van der Waals surface area contributed by atoms with Crippen molar-refractivity contribution in [2.75, 3.05) is 5.73 Å². The summed E-state index contributed by atoms with van der Waals surface area (Å²) < 4.78 is 35.3. The molecule has 1 saturated carbocycles. The molecule has 0 radical (unpaired) electrons. The van der Waals surface area contributed by atoms with Crippen molar-refractivity contribution in [1.82, 2.24) is 30.6 Å². The number of hydrogen-bond donors (Lipinski definition) is 3. The molecule has 2 heterocycles. The first kappa shape index (κ1) is 27.4. The number of anilines is 1. The average molecular weight is 560 g/mol. The van der Waals surface area contributed by atoms with Gasteiger partial charge in [0.05, 0.1) is 11.4 Å². The molecule has 2 amide bonds. The largest absolute Gasteiger partial charge is 0.451 e. The summed E-state index contributed by atoms with van der Waals surface area (Å²) in [6.07, 6.45) is 8.54. The van der Waals surface area contributed by atoms with Crippen molar-refractivity contribution in [2.24, 2.45) is 0 Å². The van der Waals surface area contributed by atoms with E-state index in [-0.39, 0.29) is 17.6 Å². The highest BCUT2D eigenvalue weighted by atomic mass is 19.1. The van der Waals surface area contributed by atoms with E-state index in [1.54, 1.807) is 37.3 Å². The molecule has 4 N–H and O–H groups in total. The number of nitrogens with one attached hydrogen (secondary N) is 2. The van der Waals surface area contributed by atoms with Crippen LogP contribution in [0.1, 0.15) is 38.6 Å². The number of hydrogen-bond acceptors (Lipinski definition) is 7. The molecule has 2 aromatic carbocycles. The van der Waals surface area contributed by atoms with Crippen LogP contribution in [0.15, 0.2) is 72.6 Å². The summed E-state index contributed by atoms with van der Waals surface area (Å²) in [4.78, 5) is 32.3. The van der Waals surface area contributed by atoms with E-state index in [1.165, 1.54) is 24.5 Å². The molecule has 1 fully saturated rings. The van der Waals surface area contributed by atoms with E-state index in [4.69, 9.17) is 15.6 Å². The second kappa shape index (κ2) is 11.9. The van der Waals surface area contributed by atoms with E-state index in [1.807, 2.05) is 4.68 Å². The molecule has 210 valence electrons.